The van der Waals surface area contributed by atoms with Crippen LogP contribution in [0.2, 0.25) is 0 Å². The highest BCUT2D eigenvalue weighted by molar-refractivity contribution is 6.24. The van der Waals surface area contributed by atoms with Crippen molar-refractivity contribution in [3.63, 3.8) is 0 Å². The number of rotatable bonds is 5. The van der Waals surface area contributed by atoms with Gasteiger partial charge in [0.25, 0.3) is 0 Å². The average molecular weight is 400 g/mol. The molecule has 0 saturated heterocycles. The smallest absolute Gasteiger partial charge is 0.337 e. The molecule has 6 heteroatoms. The number of nitrogens with zero attached hydrogens (tertiary/aromatic N) is 1. The highest BCUT2D eigenvalue weighted by Gasteiger charge is 2.35. The van der Waals surface area contributed by atoms with Crippen molar-refractivity contribution in [1.29, 1.82) is 0 Å². The van der Waals surface area contributed by atoms with E-state index < -0.39 is 11.9 Å². The zero-order valence-electron chi connectivity index (χ0n) is 16.6. The maximum absolute atomic E-state index is 13.0. The van der Waals surface area contributed by atoms with E-state index in [0.29, 0.717) is 22.6 Å². The molecule has 4 rings (SSSR count). The molecule has 3 aromatic rings. The van der Waals surface area contributed by atoms with Gasteiger partial charge in [0.1, 0.15) is 11.7 Å². The molecule has 1 unspecified atom stereocenters. The van der Waals surface area contributed by atoms with Gasteiger partial charge in [-0.25, -0.2) is 4.79 Å². The van der Waals surface area contributed by atoms with Crippen LogP contribution >= 0.6 is 0 Å². The maximum Gasteiger partial charge on any atom is 0.337 e. The molecule has 1 aliphatic heterocycles. The largest absolute Gasteiger partial charge is 0.497 e. The van der Waals surface area contributed by atoms with E-state index in [9.17, 15) is 9.59 Å². The maximum atomic E-state index is 13.0. The zero-order chi connectivity index (χ0) is 21.1. The Balaban J connectivity index is 1.81. The Bertz CT molecular complexity index is 1120. The second kappa shape index (κ2) is 8.21. The molecule has 1 atom stereocenters. The van der Waals surface area contributed by atoms with Gasteiger partial charge in [-0.15, -0.1) is 0 Å². The molecule has 0 aliphatic carbocycles. The van der Waals surface area contributed by atoms with E-state index in [1.807, 2.05) is 54.6 Å². The topological polar surface area (TPSA) is 77.0 Å². The number of fused-ring (bicyclic) bond motifs is 1. The van der Waals surface area contributed by atoms with Gasteiger partial charge in [-0.3, -0.25) is 9.79 Å². The average Bonchev–Trinajstić information content (AvgIpc) is 3.12. The summed E-state index contributed by atoms with van der Waals surface area (Å²) >= 11 is 0. The summed E-state index contributed by atoms with van der Waals surface area (Å²) in [5, 5.41) is 2.87. The molecular weight excluding hydrogens is 380 g/mol. The summed E-state index contributed by atoms with van der Waals surface area (Å²) in [6.45, 7) is 0. The Morgan fingerprint density at radius 2 is 1.67 bits per heavy atom. The van der Waals surface area contributed by atoms with Gasteiger partial charge in [0.15, 0.2) is 0 Å². The van der Waals surface area contributed by atoms with Gasteiger partial charge in [0, 0.05) is 5.69 Å². The number of esters is 1. The number of nitrogens with one attached hydrogen (secondary N) is 1. The van der Waals surface area contributed by atoms with E-state index in [1.54, 1.807) is 25.3 Å². The minimum Gasteiger partial charge on any atom is -0.497 e. The molecule has 0 fully saturated rings. The Hall–Kier alpha value is -3.93. The van der Waals surface area contributed by atoms with Crippen LogP contribution in [-0.2, 0) is 9.53 Å². The summed E-state index contributed by atoms with van der Waals surface area (Å²) in [5.74, 6) is -0.514. The first-order valence-electron chi connectivity index (χ1n) is 9.42. The molecule has 0 bridgehead atoms. The second-order valence-electron chi connectivity index (χ2n) is 6.78. The number of hydrogen-bond acceptors (Lipinski definition) is 5. The third kappa shape index (κ3) is 3.67. The van der Waals surface area contributed by atoms with Crippen molar-refractivity contribution in [1.82, 2.24) is 0 Å². The highest BCUT2D eigenvalue weighted by Crippen LogP contribution is 2.37. The number of aliphatic imine (C=N–C) groups is 1. The number of amides is 1. The molecule has 1 amide bonds. The molecule has 0 saturated carbocycles. The number of methoxy groups -OCH3 is 2. The summed E-state index contributed by atoms with van der Waals surface area (Å²) in [6, 6.07) is 22.0. The van der Waals surface area contributed by atoms with E-state index in [0.717, 1.165) is 16.9 Å². The Morgan fingerprint density at radius 3 is 2.33 bits per heavy atom. The molecule has 0 aromatic heterocycles. The summed E-state index contributed by atoms with van der Waals surface area (Å²) in [6.07, 6.45) is 0. The van der Waals surface area contributed by atoms with Gasteiger partial charge < -0.3 is 14.8 Å². The monoisotopic (exact) mass is 400 g/mol. The van der Waals surface area contributed by atoms with Gasteiger partial charge in [0.05, 0.1) is 31.2 Å². The molecule has 0 radical (unpaired) electrons. The van der Waals surface area contributed by atoms with Gasteiger partial charge >= 0.3 is 5.97 Å². The molecule has 1 aliphatic rings. The molecule has 1 N–H and O–H groups in total. The number of benzene rings is 3. The fourth-order valence-electron chi connectivity index (χ4n) is 3.48. The Kier molecular flexibility index (Phi) is 5.30. The summed E-state index contributed by atoms with van der Waals surface area (Å²) in [7, 11) is 2.93. The third-order valence-corrected chi connectivity index (χ3v) is 4.97. The van der Waals surface area contributed by atoms with Gasteiger partial charge in [-0.1, -0.05) is 36.4 Å². The predicted octanol–water partition coefficient (Wildman–Crippen LogP) is 4.34. The van der Waals surface area contributed by atoms with Crippen molar-refractivity contribution >= 4 is 29.0 Å². The van der Waals surface area contributed by atoms with Crippen LogP contribution in [0.3, 0.4) is 0 Å². The standard InChI is InChI=1S/C24H20N2O4/c1-29-18-11-9-17(10-12-18)25-22(15-6-4-3-5-7-15)21-19-13-8-16(24(28)30-2)14-20(19)26-23(21)27/h3-14,21H,1-2H3,(H,26,27). The van der Waals surface area contributed by atoms with Crippen molar-refractivity contribution in [2.24, 2.45) is 4.99 Å². The summed E-state index contributed by atoms with van der Waals surface area (Å²) < 4.78 is 9.99. The van der Waals surface area contributed by atoms with Crippen LogP contribution < -0.4 is 10.1 Å². The van der Waals surface area contributed by atoms with E-state index in [4.69, 9.17) is 14.5 Å². The summed E-state index contributed by atoms with van der Waals surface area (Å²) in [4.78, 5) is 29.6. The zero-order valence-corrected chi connectivity index (χ0v) is 16.6. The number of carbonyl (C=O) groups excluding carboxylic acids is 2. The highest BCUT2D eigenvalue weighted by atomic mass is 16.5. The Morgan fingerprint density at radius 1 is 0.933 bits per heavy atom. The lowest BCUT2D eigenvalue weighted by Crippen LogP contribution is -2.21. The molecule has 30 heavy (non-hydrogen) atoms. The lowest BCUT2D eigenvalue weighted by Gasteiger charge is -2.14. The van der Waals surface area contributed by atoms with Gasteiger partial charge in [0.2, 0.25) is 5.91 Å². The van der Waals surface area contributed by atoms with Crippen LogP contribution in [-0.4, -0.2) is 31.8 Å². The van der Waals surface area contributed by atoms with Crippen LogP contribution in [0.1, 0.15) is 27.4 Å². The van der Waals surface area contributed by atoms with Crippen LogP contribution in [0, 0.1) is 0 Å². The number of carbonyl (C=O) groups is 2. The predicted molar refractivity (Wildman–Crippen MR) is 115 cm³/mol. The molecule has 6 nitrogen and oxygen atoms in total. The first-order valence-corrected chi connectivity index (χ1v) is 9.42. The Labute approximate surface area is 174 Å². The van der Waals surface area contributed by atoms with Crippen LogP contribution in [0.25, 0.3) is 0 Å². The number of hydrogen-bond donors (Lipinski definition) is 1. The molecule has 3 aromatic carbocycles. The quantitative estimate of drug-likeness (QED) is 0.511. The molecular formula is C24H20N2O4. The van der Waals surface area contributed by atoms with E-state index in [-0.39, 0.29) is 5.91 Å². The van der Waals surface area contributed by atoms with Crippen LogP contribution in [0.4, 0.5) is 11.4 Å². The minimum absolute atomic E-state index is 0.192. The molecule has 0 spiro atoms. The first kappa shape index (κ1) is 19.4. The van der Waals surface area contributed by atoms with E-state index in [2.05, 4.69) is 5.32 Å². The van der Waals surface area contributed by atoms with E-state index >= 15 is 0 Å². The SMILES string of the molecule is COC(=O)c1ccc2c(c1)NC(=O)C2C(=Nc1ccc(OC)cc1)c1ccccc1. The van der Waals surface area contributed by atoms with Crippen molar-refractivity contribution in [3.8, 4) is 5.75 Å². The van der Waals surface area contributed by atoms with Crippen molar-refractivity contribution in [2.45, 2.75) is 5.92 Å². The van der Waals surface area contributed by atoms with E-state index in [1.165, 1.54) is 7.11 Å². The van der Waals surface area contributed by atoms with Crippen molar-refractivity contribution in [3.05, 3.63) is 89.5 Å². The number of anilines is 1. The fourth-order valence-corrected chi connectivity index (χ4v) is 3.48. The van der Waals surface area contributed by atoms with Crippen molar-refractivity contribution < 1.29 is 19.1 Å². The normalized spacial score (nSPS) is 15.3. The second-order valence-corrected chi connectivity index (χ2v) is 6.78. The lowest BCUT2D eigenvalue weighted by molar-refractivity contribution is -0.115. The first-order chi connectivity index (χ1) is 14.6. The molecule has 1 heterocycles. The van der Waals surface area contributed by atoms with Gasteiger partial charge in [-0.05, 0) is 47.5 Å². The van der Waals surface area contributed by atoms with Crippen molar-refractivity contribution in [2.75, 3.05) is 19.5 Å². The van der Waals surface area contributed by atoms with Crippen LogP contribution in [0.5, 0.6) is 5.75 Å². The fraction of sp³-hybridized carbons (Fsp3) is 0.125. The minimum atomic E-state index is -0.601. The van der Waals surface area contributed by atoms with Crippen LogP contribution in [0.15, 0.2) is 77.8 Å². The third-order valence-electron chi connectivity index (χ3n) is 4.97. The van der Waals surface area contributed by atoms with Gasteiger partial charge in [-0.2, -0.15) is 0 Å². The molecule has 150 valence electrons. The lowest BCUT2D eigenvalue weighted by atomic mass is 9.90. The summed E-state index contributed by atoms with van der Waals surface area (Å²) in [5.41, 5.74) is 3.92. The number of ether oxygens (including phenoxy) is 2.